The van der Waals surface area contributed by atoms with Crippen LogP contribution in [-0.4, -0.2) is 49.8 Å². The zero-order valence-electron chi connectivity index (χ0n) is 19.3. The van der Waals surface area contributed by atoms with E-state index in [0.29, 0.717) is 32.1 Å². The summed E-state index contributed by atoms with van der Waals surface area (Å²) in [5.74, 6) is -0.194. The highest BCUT2D eigenvalue weighted by molar-refractivity contribution is 5.76. The first kappa shape index (κ1) is 23.6. The van der Waals surface area contributed by atoms with Crippen LogP contribution in [0.3, 0.4) is 0 Å². The van der Waals surface area contributed by atoms with Crippen LogP contribution in [0.15, 0.2) is 24.3 Å². The van der Waals surface area contributed by atoms with Crippen LogP contribution in [0.5, 0.6) is 0 Å². The highest BCUT2D eigenvalue weighted by atomic mass is 19.1. The number of fused-ring (bicyclic) bond motifs is 3. The number of nitrogens with one attached hydrogen (secondary N) is 1. The summed E-state index contributed by atoms with van der Waals surface area (Å²) in [6.45, 7) is 5.85. The SMILES string of the molecule is COC[C@@H]1OC[C@@]2(C)[C@H]3CC[C@@H](O)[C@@H](CC(=O)NCc4ccc(F)cc4)[C@]3(C)CC[C@@H]2O1. The molecule has 0 bridgehead atoms. The third-order valence-corrected chi connectivity index (χ3v) is 8.34. The molecule has 0 spiro atoms. The Morgan fingerprint density at radius 1 is 1.22 bits per heavy atom. The second-order valence-electron chi connectivity index (χ2n) is 10.3. The van der Waals surface area contributed by atoms with E-state index < -0.39 is 6.10 Å². The molecule has 3 fully saturated rings. The van der Waals surface area contributed by atoms with Crippen molar-refractivity contribution in [1.82, 2.24) is 5.32 Å². The van der Waals surface area contributed by atoms with Gasteiger partial charge in [-0.3, -0.25) is 4.79 Å². The number of rotatable bonds is 6. The van der Waals surface area contributed by atoms with Gasteiger partial charge in [-0.1, -0.05) is 26.0 Å². The summed E-state index contributed by atoms with van der Waals surface area (Å²) in [6, 6.07) is 6.13. The molecule has 7 heteroatoms. The van der Waals surface area contributed by atoms with Gasteiger partial charge in [0.2, 0.25) is 5.91 Å². The predicted molar refractivity (Wildman–Crippen MR) is 117 cm³/mol. The average Bonchev–Trinajstić information content (AvgIpc) is 2.76. The van der Waals surface area contributed by atoms with E-state index in [2.05, 4.69) is 19.2 Å². The number of hydrogen-bond donors (Lipinski definition) is 2. The number of halogens is 1. The minimum atomic E-state index is -0.500. The lowest BCUT2D eigenvalue weighted by Crippen LogP contribution is -2.63. The molecule has 0 aromatic heterocycles. The summed E-state index contributed by atoms with van der Waals surface area (Å²) in [4.78, 5) is 12.8. The van der Waals surface area contributed by atoms with E-state index in [0.717, 1.165) is 24.8 Å². The zero-order valence-corrected chi connectivity index (χ0v) is 19.3. The minimum Gasteiger partial charge on any atom is -0.393 e. The van der Waals surface area contributed by atoms with E-state index in [1.165, 1.54) is 12.1 Å². The smallest absolute Gasteiger partial charge is 0.220 e. The van der Waals surface area contributed by atoms with Crippen molar-refractivity contribution in [3.05, 3.63) is 35.6 Å². The number of ether oxygens (including phenoxy) is 3. The van der Waals surface area contributed by atoms with Crippen molar-refractivity contribution in [1.29, 1.82) is 0 Å². The molecule has 0 unspecified atom stereocenters. The maximum Gasteiger partial charge on any atom is 0.220 e. The predicted octanol–water partition coefficient (Wildman–Crippen LogP) is 3.41. The molecular formula is C25H36FNO5. The van der Waals surface area contributed by atoms with Gasteiger partial charge in [-0.15, -0.1) is 0 Å². The molecule has 2 saturated carbocycles. The fourth-order valence-electron chi connectivity index (χ4n) is 6.58. The van der Waals surface area contributed by atoms with Gasteiger partial charge in [0.1, 0.15) is 5.82 Å². The third kappa shape index (κ3) is 4.45. The number of methoxy groups -OCH3 is 1. The fourth-order valence-corrected chi connectivity index (χ4v) is 6.58. The molecule has 2 N–H and O–H groups in total. The summed E-state index contributed by atoms with van der Waals surface area (Å²) < 4.78 is 30.6. The van der Waals surface area contributed by atoms with Crippen molar-refractivity contribution in [3.8, 4) is 0 Å². The first-order chi connectivity index (χ1) is 15.3. The van der Waals surface area contributed by atoms with Crippen LogP contribution >= 0.6 is 0 Å². The Kier molecular flexibility index (Phi) is 6.92. The molecule has 1 saturated heterocycles. The number of benzene rings is 1. The molecule has 1 aromatic carbocycles. The van der Waals surface area contributed by atoms with E-state index in [1.807, 2.05) is 0 Å². The van der Waals surface area contributed by atoms with Crippen molar-refractivity contribution in [2.75, 3.05) is 20.3 Å². The molecule has 1 aromatic rings. The monoisotopic (exact) mass is 449 g/mol. The van der Waals surface area contributed by atoms with Gasteiger partial charge in [0.05, 0.1) is 25.4 Å². The Labute approximate surface area is 189 Å². The minimum absolute atomic E-state index is 0.0798. The van der Waals surface area contributed by atoms with Crippen LogP contribution in [0.4, 0.5) is 4.39 Å². The van der Waals surface area contributed by atoms with Crippen molar-refractivity contribution in [2.24, 2.45) is 22.7 Å². The van der Waals surface area contributed by atoms with Crippen LogP contribution < -0.4 is 5.32 Å². The standard InChI is InChI=1S/C25H36FNO5/c1-24-11-10-21-25(2,15-31-23(32-21)14-30-3)20(24)9-8-19(28)18(24)12-22(29)27-13-16-4-6-17(26)7-5-16/h4-7,18-21,23,28H,8-15H2,1-3H3,(H,27,29)/t18-,19-,20+,21+,23-,24+,25+/m1/s1. The largest absolute Gasteiger partial charge is 0.393 e. The van der Waals surface area contributed by atoms with E-state index in [9.17, 15) is 14.3 Å². The molecule has 178 valence electrons. The summed E-state index contributed by atoms with van der Waals surface area (Å²) in [6.07, 6.45) is 2.92. The van der Waals surface area contributed by atoms with Gasteiger partial charge in [-0.25, -0.2) is 4.39 Å². The van der Waals surface area contributed by atoms with Gasteiger partial charge in [0.15, 0.2) is 6.29 Å². The van der Waals surface area contributed by atoms with Crippen molar-refractivity contribution in [2.45, 2.75) is 71.0 Å². The van der Waals surface area contributed by atoms with Crippen molar-refractivity contribution < 1.29 is 28.5 Å². The van der Waals surface area contributed by atoms with Crippen LogP contribution in [0.1, 0.15) is 51.5 Å². The number of carbonyl (C=O) groups is 1. The molecule has 1 amide bonds. The molecule has 6 nitrogen and oxygen atoms in total. The molecule has 2 aliphatic carbocycles. The first-order valence-corrected chi connectivity index (χ1v) is 11.7. The topological polar surface area (TPSA) is 77.0 Å². The Morgan fingerprint density at radius 3 is 2.69 bits per heavy atom. The number of amides is 1. The lowest BCUT2D eigenvalue weighted by Gasteiger charge is -2.62. The second kappa shape index (κ2) is 9.37. The van der Waals surface area contributed by atoms with Crippen molar-refractivity contribution >= 4 is 5.91 Å². The first-order valence-electron chi connectivity index (χ1n) is 11.7. The van der Waals surface area contributed by atoms with Crippen molar-refractivity contribution in [3.63, 3.8) is 0 Å². The lowest BCUT2D eigenvalue weighted by atomic mass is 9.46. The zero-order chi connectivity index (χ0) is 22.9. The summed E-state index contributed by atoms with van der Waals surface area (Å²) in [7, 11) is 1.65. The van der Waals surface area contributed by atoms with E-state index in [-0.39, 0.29) is 47.3 Å². The third-order valence-electron chi connectivity index (χ3n) is 8.34. The maximum atomic E-state index is 13.1. The quantitative estimate of drug-likeness (QED) is 0.696. The lowest BCUT2D eigenvalue weighted by molar-refractivity contribution is -0.315. The summed E-state index contributed by atoms with van der Waals surface area (Å²) in [5.41, 5.74) is 0.528. The molecular weight excluding hydrogens is 413 g/mol. The average molecular weight is 450 g/mol. The van der Waals surface area contributed by atoms with Gasteiger partial charge in [-0.2, -0.15) is 0 Å². The highest BCUT2D eigenvalue weighted by Gasteiger charge is 2.61. The Hall–Kier alpha value is -1.54. The van der Waals surface area contributed by atoms with E-state index in [4.69, 9.17) is 14.2 Å². The second-order valence-corrected chi connectivity index (χ2v) is 10.3. The summed E-state index contributed by atoms with van der Waals surface area (Å²) in [5, 5.41) is 13.9. The fraction of sp³-hybridized carbons (Fsp3) is 0.720. The summed E-state index contributed by atoms with van der Waals surface area (Å²) >= 11 is 0. The highest BCUT2D eigenvalue weighted by Crippen LogP contribution is 2.62. The molecule has 32 heavy (non-hydrogen) atoms. The van der Waals surface area contributed by atoms with Crippen LogP contribution in [0.2, 0.25) is 0 Å². The van der Waals surface area contributed by atoms with E-state index >= 15 is 0 Å². The van der Waals surface area contributed by atoms with Gasteiger partial charge in [0.25, 0.3) is 0 Å². The Morgan fingerprint density at radius 2 is 1.97 bits per heavy atom. The van der Waals surface area contributed by atoms with Gasteiger partial charge in [0, 0.05) is 25.5 Å². The Bertz CT molecular complexity index is 804. The van der Waals surface area contributed by atoms with Gasteiger partial charge in [-0.05, 0) is 60.6 Å². The maximum absolute atomic E-state index is 13.1. The number of aliphatic hydroxyl groups is 1. The molecule has 0 radical (unpaired) electrons. The van der Waals surface area contributed by atoms with E-state index in [1.54, 1.807) is 19.2 Å². The molecule has 3 aliphatic rings. The number of hydrogen-bond acceptors (Lipinski definition) is 5. The van der Waals surface area contributed by atoms with Gasteiger partial charge >= 0.3 is 0 Å². The number of carbonyl (C=O) groups excluding carboxylic acids is 1. The number of aliphatic hydroxyl groups excluding tert-OH is 1. The molecule has 7 atom stereocenters. The molecule has 1 aliphatic heterocycles. The van der Waals surface area contributed by atoms with Crippen LogP contribution in [-0.2, 0) is 25.5 Å². The normalized spacial score (nSPS) is 39.1. The molecule has 4 rings (SSSR count). The Balaban J connectivity index is 1.44. The van der Waals surface area contributed by atoms with Crippen LogP contribution in [0.25, 0.3) is 0 Å². The van der Waals surface area contributed by atoms with Gasteiger partial charge < -0.3 is 24.6 Å². The molecule has 1 heterocycles. The van der Waals surface area contributed by atoms with Crippen LogP contribution in [0, 0.1) is 28.5 Å².